The standard InChI is InChI=1S/C13H13NO3S2/c1-17-8-12(15)14-7-9-4-5-11(19-9)13(16)10-3-2-6-18-10/h2-6H,7-8H2,1H3,(H,14,15). The topological polar surface area (TPSA) is 55.4 Å². The van der Waals surface area contributed by atoms with Gasteiger partial charge >= 0.3 is 0 Å². The highest BCUT2D eigenvalue weighted by Crippen LogP contribution is 2.22. The first-order chi connectivity index (χ1) is 9.20. The Balaban J connectivity index is 1.96. The largest absolute Gasteiger partial charge is 0.375 e. The summed E-state index contributed by atoms with van der Waals surface area (Å²) in [6.07, 6.45) is 0. The monoisotopic (exact) mass is 295 g/mol. The summed E-state index contributed by atoms with van der Waals surface area (Å²) >= 11 is 2.83. The average molecular weight is 295 g/mol. The lowest BCUT2D eigenvalue weighted by molar-refractivity contribution is -0.124. The molecule has 0 saturated heterocycles. The van der Waals surface area contributed by atoms with Crippen LogP contribution in [0.15, 0.2) is 29.6 Å². The molecule has 2 aromatic heterocycles. The van der Waals surface area contributed by atoms with Crippen molar-refractivity contribution in [3.63, 3.8) is 0 Å². The number of amides is 1. The first-order valence-corrected chi connectivity index (χ1v) is 7.33. The molecule has 0 aliphatic carbocycles. The lowest BCUT2D eigenvalue weighted by atomic mass is 10.3. The Hall–Kier alpha value is -1.50. The molecule has 100 valence electrons. The molecule has 2 aromatic rings. The average Bonchev–Trinajstić information content (AvgIpc) is 3.07. The number of carbonyl (C=O) groups excluding carboxylic acids is 2. The van der Waals surface area contributed by atoms with E-state index in [-0.39, 0.29) is 18.3 Å². The fraction of sp³-hybridized carbons (Fsp3) is 0.231. The van der Waals surface area contributed by atoms with Crippen molar-refractivity contribution in [2.24, 2.45) is 0 Å². The highest BCUT2D eigenvalue weighted by atomic mass is 32.1. The Labute approximate surface area is 119 Å². The predicted octanol–water partition coefficient (Wildman–Crippen LogP) is 2.30. The SMILES string of the molecule is COCC(=O)NCc1ccc(C(=O)c2cccs2)s1. The van der Waals surface area contributed by atoms with E-state index >= 15 is 0 Å². The Bertz CT molecular complexity index is 560. The zero-order chi connectivity index (χ0) is 13.7. The third kappa shape index (κ3) is 3.73. The lowest BCUT2D eigenvalue weighted by Gasteiger charge is -2.01. The number of methoxy groups -OCH3 is 1. The number of nitrogens with one attached hydrogen (secondary N) is 1. The maximum atomic E-state index is 12.1. The summed E-state index contributed by atoms with van der Waals surface area (Å²) < 4.78 is 4.72. The van der Waals surface area contributed by atoms with Gasteiger partial charge in [0.1, 0.15) is 6.61 Å². The van der Waals surface area contributed by atoms with E-state index < -0.39 is 0 Å². The van der Waals surface area contributed by atoms with Crippen LogP contribution in [0.4, 0.5) is 0 Å². The van der Waals surface area contributed by atoms with E-state index in [1.54, 1.807) is 6.07 Å². The van der Waals surface area contributed by atoms with E-state index in [4.69, 9.17) is 4.74 Å². The number of hydrogen-bond acceptors (Lipinski definition) is 5. The molecule has 0 atom stereocenters. The molecule has 0 bridgehead atoms. The molecule has 2 rings (SSSR count). The Morgan fingerprint density at radius 2 is 2.11 bits per heavy atom. The zero-order valence-corrected chi connectivity index (χ0v) is 12.0. The predicted molar refractivity (Wildman–Crippen MR) is 75.8 cm³/mol. The van der Waals surface area contributed by atoms with Crippen LogP contribution in [0, 0.1) is 0 Å². The fourth-order valence-corrected chi connectivity index (χ4v) is 3.14. The molecule has 1 amide bonds. The molecule has 0 aromatic carbocycles. The van der Waals surface area contributed by atoms with Crippen molar-refractivity contribution in [1.82, 2.24) is 5.32 Å². The molecule has 0 radical (unpaired) electrons. The molecule has 0 unspecified atom stereocenters. The van der Waals surface area contributed by atoms with E-state index in [9.17, 15) is 9.59 Å². The van der Waals surface area contributed by atoms with Gasteiger partial charge in [-0.2, -0.15) is 0 Å². The molecular formula is C13H13NO3S2. The summed E-state index contributed by atoms with van der Waals surface area (Å²) in [6, 6.07) is 7.33. The first kappa shape index (κ1) is 13.9. The smallest absolute Gasteiger partial charge is 0.246 e. The fourth-order valence-electron chi connectivity index (χ4n) is 1.49. The molecule has 0 saturated carbocycles. The molecule has 0 aliphatic heterocycles. The minimum absolute atomic E-state index is 0.0365. The molecule has 4 nitrogen and oxygen atoms in total. The normalized spacial score (nSPS) is 10.4. The van der Waals surface area contributed by atoms with Gasteiger partial charge in [0, 0.05) is 12.0 Å². The molecule has 0 fully saturated rings. The molecule has 2 heterocycles. The third-order valence-corrected chi connectivity index (χ3v) is 4.32. The molecule has 19 heavy (non-hydrogen) atoms. The van der Waals surface area contributed by atoms with E-state index in [1.807, 2.05) is 23.6 Å². The highest BCUT2D eigenvalue weighted by molar-refractivity contribution is 7.16. The van der Waals surface area contributed by atoms with Crippen molar-refractivity contribution in [2.45, 2.75) is 6.54 Å². The second kappa shape index (κ2) is 6.60. The minimum atomic E-state index is -0.165. The van der Waals surface area contributed by atoms with Crippen LogP contribution in [0.25, 0.3) is 0 Å². The van der Waals surface area contributed by atoms with Gasteiger partial charge in [-0.3, -0.25) is 9.59 Å². The number of rotatable bonds is 6. The maximum absolute atomic E-state index is 12.1. The molecule has 6 heteroatoms. The summed E-state index contributed by atoms with van der Waals surface area (Å²) in [5.74, 6) is -0.128. The maximum Gasteiger partial charge on any atom is 0.246 e. The number of ketones is 1. The summed E-state index contributed by atoms with van der Waals surface area (Å²) in [6.45, 7) is 0.469. The molecule has 0 spiro atoms. The van der Waals surface area contributed by atoms with Crippen LogP contribution in [0.2, 0.25) is 0 Å². The van der Waals surface area contributed by atoms with Gasteiger partial charge in [0.05, 0.1) is 16.3 Å². The Morgan fingerprint density at radius 1 is 1.26 bits per heavy atom. The van der Waals surface area contributed by atoms with Gasteiger partial charge < -0.3 is 10.1 Å². The van der Waals surface area contributed by atoms with Crippen LogP contribution in [-0.2, 0) is 16.1 Å². The van der Waals surface area contributed by atoms with Gasteiger partial charge in [0.2, 0.25) is 11.7 Å². The molecular weight excluding hydrogens is 282 g/mol. The highest BCUT2D eigenvalue weighted by Gasteiger charge is 2.12. The van der Waals surface area contributed by atoms with Crippen molar-refractivity contribution in [3.8, 4) is 0 Å². The second-order valence-corrected chi connectivity index (χ2v) is 5.90. The summed E-state index contributed by atoms with van der Waals surface area (Å²) in [7, 11) is 1.47. The van der Waals surface area contributed by atoms with Gasteiger partial charge in [-0.05, 0) is 23.6 Å². The van der Waals surface area contributed by atoms with Crippen molar-refractivity contribution in [1.29, 1.82) is 0 Å². The zero-order valence-electron chi connectivity index (χ0n) is 10.3. The second-order valence-electron chi connectivity index (χ2n) is 3.78. The number of thiophene rings is 2. The number of ether oxygens (including phenoxy) is 1. The van der Waals surface area contributed by atoms with Crippen molar-refractivity contribution in [2.75, 3.05) is 13.7 Å². The van der Waals surface area contributed by atoms with Crippen molar-refractivity contribution in [3.05, 3.63) is 44.3 Å². The van der Waals surface area contributed by atoms with Crippen LogP contribution in [0.3, 0.4) is 0 Å². The first-order valence-electron chi connectivity index (χ1n) is 5.63. The van der Waals surface area contributed by atoms with Crippen LogP contribution in [0.5, 0.6) is 0 Å². The van der Waals surface area contributed by atoms with E-state index in [2.05, 4.69) is 5.32 Å². The minimum Gasteiger partial charge on any atom is -0.375 e. The van der Waals surface area contributed by atoms with Gasteiger partial charge in [-0.15, -0.1) is 22.7 Å². The Morgan fingerprint density at radius 3 is 2.79 bits per heavy atom. The van der Waals surface area contributed by atoms with Crippen LogP contribution in [-0.4, -0.2) is 25.4 Å². The van der Waals surface area contributed by atoms with Gasteiger partial charge in [-0.25, -0.2) is 0 Å². The van der Waals surface area contributed by atoms with E-state index in [0.717, 1.165) is 9.75 Å². The van der Waals surface area contributed by atoms with Crippen molar-refractivity contribution < 1.29 is 14.3 Å². The number of carbonyl (C=O) groups is 2. The van der Waals surface area contributed by atoms with Crippen LogP contribution < -0.4 is 5.32 Å². The summed E-state index contributed by atoms with van der Waals surface area (Å²) in [4.78, 5) is 25.7. The molecule has 0 aliphatic rings. The van der Waals surface area contributed by atoms with Gasteiger partial charge in [-0.1, -0.05) is 6.07 Å². The third-order valence-electron chi connectivity index (χ3n) is 2.37. The van der Waals surface area contributed by atoms with Gasteiger partial charge in [0.25, 0.3) is 0 Å². The van der Waals surface area contributed by atoms with Crippen LogP contribution in [0.1, 0.15) is 19.4 Å². The summed E-state index contributed by atoms with van der Waals surface area (Å²) in [5, 5.41) is 4.61. The lowest BCUT2D eigenvalue weighted by Crippen LogP contribution is -2.26. The Kier molecular flexibility index (Phi) is 4.84. The quantitative estimate of drug-likeness (QED) is 0.832. The molecule has 1 N–H and O–H groups in total. The van der Waals surface area contributed by atoms with Crippen LogP contribution >= 0.6 is 22.7 Å². The summed E-state index contributed by atoms with van der Waals surface area (Å²) in [5.41, 5.74) is 0. The number of hydrogen-bond donors (Lipinski definition) is 1. The van der Waals surface area contributed by atoms with Gasteiger partial charge in [0.15, 0.2) is 0 Å². The van der Waals surface area contributed by atoms with E-state index in [1.165, 1.54) is 29.8 Å². The van der Waals surface area contributed by atoms with E-state index in [0.29, 0.717) is 11.4 Å². The van der Waals surface area contributed by atoms with Crippen molar-refractivity contribution >= 4 is 34.4 Å².